The van der Waals surface area contributed by atoms with E-state index in [1.54, 1.807) is 0 Å². The van der Waals surface area contributed by atoms with Gasteiger partial charge < -0.3 is 15.7 Å². The Balaban J connectivity index is 2.43. The summed E-state index contributed by atoms with van der Waals surface area (Å²) < 4.78 is 5.69. The fourth-order valence-corrected chi connectivity index (χ4v) is 1.91. The van der Waals surface area contributed by atoms with Crippen molar-refractivity contribution in [1.29, 1.82) is 0 Å². The van der Waals surface area contributed by atoms with Gasteiger partial charge in [0.15, 0.2) is 5.84 Å². The lowest BCUT2D eigenvalue weighted by Crippen LogP contribution is -2.44. The minimum Gasteiger partial charge on any atom is -0.409 e. The Kier molecular flexibility index (Phi) is 5.55. The average Bonchev–Trinajstić information content (AvgIpc) is 2.29. The quantitative estimate of drug-likeness (QED) is 0.319. The molecule has 1 aliphatic rings. The molecular weight excluding hydrogens is 206 g/mol. The predicted octanol–water partition coefficient (Wildman–Crippen LogP) is 1.01. The topological polar surface area (TPSA) is 71.1 Å². The van der Waals surface area contributed by atoms with Crippen molar-refractivity contribution in [2.24, 2.45) is 10.9 Å². The van der Waals surface area contributed by atoms with Gasteiger partial charge in [0, 0.05) is 19.2 Å². The van der Waals surface area contributed by atoms with Crippen LogP contribution in [0, 0.1) is 0 Å². The minimum absolute atomic E-state index is 0.254. The lowest BCUT2D eigenvalue weighted by Gasteiger charge is -2.32. The van der Waals surface area contributed by atoms with Gasteiger partial charge in [-0.2, -0.15) is 0 Å². The second-order valence-corrected chi connectivity index (χ2v) is 4.60. The van der Waals surface area contributed by atoms with Gasteiger partial charge in [-0.15, -0.1) is 0 Å². The average molecular weight is 229 g/mol. The van der Waals surface area contributed by atoms with Gasteiger partial charge >= 0.3 is 0 Å². The first-order valence-corrected chi connectivity index (χ1v) is 5.95. The second-order valence-electron chi connectivity index (χ2n) is 4.60. The highest BCUT2D eigenvalue weighted by Crippen LogP contribution is 2.14. The molecule has 0 spiro atoms. The molecule has 1 saturated heterocycles. The van der Waals surface area contributed by atoms with Crippen molar-refractivity contribution >= 4 is 5.84 Å². The molecule has 0 amide bonds. The Morgan fingerprint density at radius 3 is 2.81 bits per heavy atom. The molecule has 0 aromatic rings. The molecule has 1 atom stereocenters. The Bertz CT molecular complexity index is 225. The Labute approximate surface area is 97.2 Å². The van der Waals surface area contributed by atoms with Crippen LogP contribution in [0.3, 0.4) is 0 Å². The zero-order chi connectivity index (χ0) is 12.0. The molecule has 1 rings (SSSR count). The van der Waals surface area contributed by atoms with Gasteiger partial charge in [-0.05, 0) is 33.1 Å². The Morgan fingerprint density at radius 2 is 2.31 bits per heavy atom. The van der Waals surface area contributed by atoms with Crippen LogP contribution in [0.25, 0.3) is 0 Å². The number of amidine groups is 1. The van der Waals surface area contributed by atoms with E-state index in [4.69, 9.17) is 15.7 Å². The fourth-order valence-electron chi connectivity index (χ4n) is 1.91. The minimum atomic E-state index is 0.254. The van der Waals surface area contributed by atoms with Crippen LogP contribution in [0.2, 0.25) is 0 Å². The molecule has 1 aliphatic heterocycles. The van der Waals surface area contributed by atoms with Gasteiger partial charge in [-0.1, -0.05) is 5.16 Å². The van der Waals surface area contributed by atoms with Crippen LogP contribution >= 0.6 is 0 Å². The molecule has 0 saturated carbocycles. The first-order valence-electron chi connectivity index (χ1n) is 5.95. The van der Waals surface area contributed by atoms with Crippen LogP contribution < -0.4 is 5.73 Å². The third-order valence-electron chi connectivity index (χ3n) is 2.94. The molecule has 0 aromatic carbocycles. The summed E-state index contributed by atoms with van der Waals surface area (Å²) in [6, 6.07) is 0.367. The third kappa shape index (κ3) is 4.37. The van der Waals surface area contributed by atoms with Gasteiger partial charge in [-0.3, -0.25) is 4.90 Å². The summed E-state index contributed by atoms with van der Waals surface area (Å²) in [5.41, 5.74) is 5.53. The van der Waals surface area contributed by atoms with Crippen LogP contribution in [0.15, 0.2) is 5.16 Å². The highest BCUT2D eigenvalue weighted by Gasteiger charge is 2.20. The Morgan fingerprint density at radius 1 is 1.56 bits per heavy atom. The van der Waals surface area contributed by atoms with E-state index in [1.165, 1.54) is 12.8 Å². The summed E-state index contributed by atoms with van der Waals surface area (Å²) in [5.74, 6) is 0.254. The number of nitrogens with zero attached hydrogens (tertiary/aromatic N) is 2. The van der Waals surface area contributed by atoms with E-state index in [0.29, 0.717) is 18.7 Å². The zero-order valence-corrected chi connectivity index (χ0v) is 10.2. The van der Waals surface area contributed by atoms with Gasteiger partial charge in [0.1, 0.15) is 0 Å². The summed E-state index contributed by atoms with van der Waals surface area (Å²) >= 11 is 0. The molecule has 0 radical (unpaired) electrons. The monoisotopic (exact) mass is 229 g/mol. The summed E-state index contributed by atoms with van der Waals surface area (Å²) in [5, 5.41) is 11.6. The standard InChI is InChI=1S/C11H23N3O2/c1-9(2)14(8-11(12)13-15)7-10-5-3-4-6-16-10/h9-10,15H,3-8H2,1-2H3,(H2,12,13). The molecule has 0 bridgehead atoms. The highest BCUT2D eigenvalue weighted by molar-refractivity contribution is 5.81. The lowest BCUT2D eigenvalue weighted by atomic mass is 10.1. The predicted molar refractivity (Wildman–Crippen MR) is 63.7 cm³/mol. The third-order valence-corrected chi connectivity index (χ3v) is 2.94. The van der Waals surface area contributed by atoms with E-state index in [0.717, 1.165) is 19.6 Å². The molecular formula is C11H23N3O2. The second kappa shape index (κ2) is 6.70. The number of hydrogen-bond acceptors (Lipinski definition) is 4. The molecule has 1 fully saturated rings. The van der Waals surface area contributed by atoms with Gasteiger partial charge in [0.25, 0.3) is 0 Å². The van der Waals surface area contributed by atoms with Crippen molar-refractivity contribution < 1.29 is 9.94 Å². The van der Waals surface area contributed by atoms with E-state index in [-0.39, 0.29) is 5.84 Å². The zero-order valence-electron chi connectivity index (χ0n) is 10.2. The number of oxime groups is 1. The van der Waals surface area contributed by atoms with Gasteiger partial charge in [0.2, 0.25) is 0 Å². The van der Waals surface area contributed by atoms with Crippen molar-refractivity contribution in [3.05, 3.63) is 0 Å². The fraction of sp³-hybridized carbons (Fsp3) is 0.909. The molecule has 0 aliphatic carbocycles. The maximum Gasteiger partial charge on any atom is 0.153 e. The summed E-state index contributed by atoms with van der Waals surface area (Å²) in [7, 11) is 0. The van der Waals surface area contributed by atoms with E-state index in [9.17, 15) is 0 Å². The van der Waals surface area contributed by atoms with E-state index in [1.807, 2.05) is 0 Å². The Hall–Kier alpha value is -0.810. The van der Waals surface area contributed by atoms with Crippen LogP contribution in [-0.4, -0.2) is 47.8 Å². The normalized spacial score (nSPS) is 23.0. The van der Waals surface area contributed by atoms with Crippen LogP contribution in [0.4, 0.5) is 0 Å². The smallest absolute Gasteiger partial charge is 0.153 e. The first kappa shape index (κ1) is 13.3. The van der Waals surface area contributed by atoms with Crippen molar-refractivity contribution in [3.63, 3.8) is 0 Å². The number of ether oxygens (including phenoxy) is 1. The van der Waals surface area contributed by atoms with Crippen molar-refractivity contribution in [2.75, 3.05) is 19.7 Å². The maximum atomic E-state index is 8.58. The molecule has 0 aromatic heterocycles. The largest absolute Gasteiger partial charge is 0.409 e. The van der Waals surface area contributed by atoms with E-state index < -0.39 is 0 Å². The molecule has 1 heterocycles. The number of rotatable bonds is 5. The van der Waals surface area contributed by atoms with Crippen LogP contribution in [-0.2, 0) is 4.74 Å². The summed E-state index contributed by atoms with van der Waals surface area (Å²) in [6.45, 7) is 6.42. The molecule has 1 unspecified atom stereocenters. The maximum absolute atomic E-state index is 8.58. The van der Waals surface area contributed by atoms with Crippen molar-refractivity contribution in [2.45, 2.75) is 45.3 Å². The SMILES string of the molecule is CC(C)N(CC(N)=NO)CC1CCCCO1. The number of hydrogen-bond donors (Lipinski definition) is 2. The molecule has 5 nitrogen and oxygen atoms in total. The molecule has 94 valence electrons. The van der Waals surface area contributed by atoms with Crippen LogP contribution in [0.5, 0.6) is 0 Å². The lowest BCUT2D eigenvalue weighted by molar-refractivity contribution is -0.00812. The van der Waals surface area contributed by atoms with Crippen molar-refractivity contribution in [3.8, 4) is 0 Å². The van der Waals surface area contributed by atoms with Crippen LogP contribution in [0.1, 0.15) is 33.1 Å². The summed E-state index contributed by atoms with van der Waals surface area (Å²) in [4.78, 5) is 2.17. The van der Waals surface area contributed by atoms with Gasteiger partial charge in [0.05, 0.1) is 12.6 Å². The van der Waals surface area contributed by atoms with E-state index in [2.05, 4.69) is 23.9 Å². The van der Waals surface area contributed by atoms with Gasteiger partial charge in [-0.25, -0.2) is 0 Å². The molecule has 3 N–H and O–H groups in total. The van der Waals surface area contributed by atoms with E-state index >= 15 is 0 Å². The summed E-state index contributed by atoms with van der Waals surface area (Å²) in [6.07, 6.45) is 3.81. The molecule has 5 heteroatoms. The number of nitrogens with two attached hydrogens (primary N) is 1. The first-order chi connectivity index (χ1) is 7.63. The van der Waals surface area contributed by atoms with Crippen molar-refractivity contribution in [1.82, 2.24) is 4.90 Å². The molecule has 16 heavy (non-hydrogen) atoms. The highest BCUT2D eigenvalue weighted by atomic mass is 16.5.